The Morgan fingerprint density at radius 3 is 2.29 bits per heavy atom. The van der Waals surface area contributed by atoms with Crippen molar-refractivity contribution in [2.75, 3.05) is 33.3 Å². The van der Waals surface area contributed by atoms with Crippen molar-refractivity contribution in [2.24, 2.45) is 0 Å². The number of hydrogen-bond acceptors (Lipinski definition) is 4. The number of esters is 1. The summed E-state index contributed by atoms with van der Waals surface area (Å²) in [7, 11) is 1.43. The molecule has 0 unspecified atom stereocenters. The minimum absolute atomic E-state index is 0.0868. The average Bonchev–Trinajstić information content (AvgIpc) is 2.54. The van der Waals surface area contributed by atoms with Crippen LogP contribution in [-0.2, 0) is 14.9 Å². The van der Waals surface area contributed by atoms with Crippen LogP contribution in [0.2, 0.25) is 0 Å². The van der Waals surface area contributed by atoms with Crippen LogP contribution in [0.25, 0.3) is 0 Å². The molecule has 134 valence electrons. The lowest BCUT2D eigenvalue weighted by Gasteiger charge is -2.47. The van der Waals surface area contributed by atoms with Crippen LogP contribution in [0.15, 0.2) is 24.3 Å². The Hall–Kier alpha value is -1.39. The highest BCUT2D eigenvalue weighted by Crippen LogP contribution is 2.37. The molecule has 1 N–H and O–H groups in total. The van der Waals surface area contributed by atoms with E-state index >= 15 is 0 Å². The topological polar surface area (TPSA) is 41.6 Å². The van der Waals surface area contributed by atoms with Crippen molar-refractivity contribution in [2.45, 2.75) is 51.5 Å². The summed E-state index contributed by atoms with van der Waals surface area (Å²) < 4.78 is 4.75. The lowest BCUT2D eigenvalue weighted by atomic mass is 9.72. The predicted octanol–water partition coefficient (Wildman–Crippen LogP) is 2.89. The maximum atomic E-state index is 11.4. The largest absolute Gasteiger partial charge is 0.468 e. The number of nitrogens with one attached hydrogen (secondary N) is 1. The first-order valence-electron chi connectivity index (χ1n) is 8.87. The number of piperidine rings is 1. The predicted molar refractivity (Wildman–Crippen MR) is 98.3 cm³/mol. The van der Waals surface area contributed by atoms with Crippen molar-refractivity contribution in [1.29, 1.82) is 0 Å². The lowest BCUT2D eigenvalue weighted by Crippen LogP contribution is -2.53. The van der Waals surface area contributed by atoms with Gasteiger partial charge in [0.25, 0.3) is 0 Å². The Bertz CT molecular complexity index is 538. The molecule has 1 aromatic rings. The Kier molecular flexibility index (Phi) is 6.05. The maximum Gasteiger partial charge on any atom is 0.319 e. The molecule has 0 atom stereocenters. The minimum atomic E-state index is -0.207. The number of carbonyl (C=O) groups excluding carboxylic acids is 1. The summed E-state index contributed by atoms with van der Waals surface area (Å²) in [4.78, 5) is 14.0. The quantitative estimate of drug-likeness (QED) is 0.842. The number of methoxy groups -OCH3 is 1. The van der Waals surface area contributed by atoms with Gasteiger partial charge < -0.3 is 10.1 Å². The van der Waals surface area contributed by atoms with Gasteiger partial charge in [-0.1, -0.05) is 29.8 Å². The van der Waals surface area contributed by atoms with E-state index in [1.807, 2.05) is 0 Å². The number of aryl methyl sites for hydroxylation is 1. The van der Waals surface area contributed by atoms with E-state index in [0.717, 1.165) is 32.5 Å². The summed E-state index contributed by atoms with van der Waals surface area (Å²) in [5, 5.41) is 3.32. The van der Waals surface area contributed by atoms with Crippen molar-refractivity contribution >= 4 is 5.97 Å². The van der Waals surface area contributed by atoms with E-state index in [-0.39, 0.29) is 23.5 Å². The van der Waals surface area contributed by atoms with Gasteiger partial charge >= 0.3 is 5.97 Å². The van der Waals surface area contributed by atoms with E-state index in [0.29, 0.717) is 0 Å². The molecule has 1 fully saturated rings. The van der Waals surface area contributed by atoms with Crippen LogP contribution in [0, 0.1) is 6.92 Å². The highest BCUT2D eigenvalue weighted by atomic mass is 16.5. The van der Waals surface area contributed by atoms with Gasteiger partial charge in [-0.3, -0.25) is 9.69 Å². The van der Waals surface area contributed by atoms with Gasteiger partial charge in [-0.15, -0.1) is 0 Å². The number of benzene rings is 1. The molecule has 1 saturated heterocycles. The first-order valence-corrected chi connectivity index (χ1v) is 8.87. The summed E-state index contributed by atoms with van der Waals surface area (Å²) in [6.07, 6.45) is 2.20. The summed E-state index contributed by atoms with van der Waals surface area (Å²) >= 11 is 0. The molecule has 0 saturated carbocycles. The normalized spacial score (nSPS) is 18.4. The third kappa shape index (κ3) is 4.58. The lowest BCUT2D eigenvalue weighted by molar-refractivity contribution is -0.139. The Balaban J connectivity index is 2.14. The third-order valence-corrected chi connectivity index (χ3v) is 5.29. The summed E-state index contributed by atoms with van der Waals surface area (Å²) in [5.74, 6) is -0.207. The van der Waals surface area contributed by atoms with Crippen LogP contribution >= 0.6 is 0 Å². The molecule has 0 spiro atoms. The average molecular weight is 332 g/mol. The smallest absolute Gasteiger partial charge is 0.319 e. The highest BCUT2D eigenvalue weighted by molar-refractivity contribution is 5.71. The zero-order chi connectivity index (χ0) is 17.8. The van der Waals surface area contributed by atoms with E-state index in [9.17, 15) is 4.79 Å². The molecule has 4 heteroatoms. The molecule has 24 heavy (non-hydrogen) atoms. The molecule has 0 aromatic heterocycles. The standard InChI is InChI=1S/C20H32N2O2/c1-16-6-8-17(9-7-16)20(15-21-14-18(23)24-5)10-12-22(13-11-20)19(2,3)4/h6-9,21H,10-15H2,1-5H3. The first kappa shape index (κ1) is 18.9. The van der Waals surface area contributed by atoms with E-state index in [4.69, 9.17) is 4.74 Å². The molecule has 0 aliphatic carbocycles. The van der Waals surface area contributed by atoms with Gasteiger partial charge in [-0.05, 0) is 59.2 Å². The second-order valence-corrected chi connectivity index (χ2v) is 7.98. The summed E-state index contributed by atoms with van der Waals surface area (Å²) in [6.45, 7) is 12.2. The number of likely N-dealkylation sites (tertiary alicyclic amines) is 1. The summed E-state index contributed by atoms with van der Waals surface area (Å²) in [6, 6.07) is 8.88. The van der Waals surface area contributed by atoms with Crippen LogP contribution in [0.5, 0.6) is 0 Å². The van der Waals surface area contributed by atoms with Gasteiger partial charge in [0.05, 0.1) is 13.7 Å². The molecular formula is C20H32N2O2. The van der Waals surface area contributed by atoms with Crippen LogP contribution in [0.1, 0.15) is 44.7 Å². The van der Waals surface area contributed by atoms with Crippen molar-refractivity contribution in [3.63, 3.8) is 0 Å². The number of carbonyl (C=O) groups is 1. The van der Waals surface area contributed by atoms with Crippen molar-refractivity contribution in [1.82, 2.24) is 10.2 Å². The number of ether oxygens (including phenoxy) is 1. The highest BCUT2D eigenvalue weighted by Gasteiger charge is 2.38. The molecular weight excluding hydrogens is 300 g/mol. The van der Waals surface area contributed by atoms with Crippen molar-refractivity contribution in [3.05, 3.63) is 35.4 Å². The molecule has 0 radical (unpaired) electrons. The van der Waals surface area contributed by atoms with Crippen molar-refractivity contribution < 1.29 is 9.53 Å². The van der Waals surface area contributed by atoms with Gasteiger partial charge in [-0.25, -0.2) is 0 Å². The van der Waals surface area contributed by atoms with Gasteiger partial charge in [0.1, 0.15) is 0 Å². The fourth-order valence-electron chi connectivity index (χ4n) is 3.56. The van der Waals surface area contributed by atoms with Crippen LogP contribution in [0.4, 0.5) is 0 Å². The number of nitrogens with zero attached hydrogens (tertiary/aromatic N) is 1. The molecule has 1 aliphatic heterocycles. The molecule has 0 bridgehead atoms. The number of rotatable bonds is 5. The van der Waals surface area contributed by atoms with E-state index in [2.05, 4.69) is 62.2 Å². The summed E-state index contributed by atoms with van der Waals surface area (Å²) in [5.41, 5.74) is 2.95. The minimum Gasteiger partial charge on any atom is -0.468 e. The van der Waals surface area contributed by atoms with Crippen LogP contribution < -0.4 is 5.32 Å². The Labute approximate surface area is 146 Å². The second-order valence-electron chi connectivity index (χ2n) is 7.98. The fraction of sp³-hybridized carbons (Fsp3) is 0.650. The van der Waals surface area contributed by atoms with E-state index in [1.54, 1.807) is 0 Å². The molecule has 4 nitrogen and oxygen atoms in total. The van der Waals surface area contributed by atoms with Gasteiger partial charge in [0.15, 0.2) is 0 Å². The SMILES string of the molecule is COC(=O)CNCC1(c2ccc(C)cc2)CCN(C(C)(C)C)CC1. The van der Waals surface area contributed by atoms with E-state index < -0.39 is 0 Å². The Morgan fingerprint density at radius 2 is 1.79 bits per heavy atom. The monoisotopic (exact) mass is 332 g/mol. The van der Waals surface area contributed by atoms with Crippen LogP contribution in [-0.4, -0.2) is 49.7 Å². The second kappa shape index (κ2) is 7.66. The molecule has 0 amide bonds. The zero-order valence-electron chi connectivity index (χ0n) is 15.8. The maximum absolute atomic E-state index is 11.4. The first-order chi connectivity index (χ1) is 11.3. The third-order valence-electron chi connectivity index (χ3n) is 5.29. The van der Waals surface area contributed by atoms with Gasteiger partial charge in [0.2, 0.25) is 0 Å². The Morgan fingerprint density at radius 1 is 1.21 bits per heavy atom. The van der Waals surface area contributed by atoms with Crippen LogP contribution in [0.3, 0.4) is 0 Å². The molecule has 1 aliphatic rings. The molecule has 1 aromatic carbocycles. The molecule has 2 rings (SSSR count). The van der Waals surface area contributed by atoms with Crippen molar-refractivity contribution in [3.8, 4) is 0 Å². The fourth-order valence-corrected chi connectivity index (χ4v) is 3.56. The van der Waals surface area contributed by atoms with Gasteiger partial charge in [0, 0.05) is 17.5 Å². The van der Waals surface area contributed by atoms with E-state index in [1.165, 1.54) is 18.2 Å². The zero-order valence-corrected chi connectivity index (χ0v) is 15.8. The number of hydrogen-bond donors (Lipinski definition) is 1. The van der Waals surface area contributed by atoms with Gasteiger partial charge in [-0.2, -0.15) is 0 Å². The molecule has 1 heterocycles.